The molecule has 0 spiro atoms. The molecule has 1 aromatic carbocycles. The van der Waals surface area contributed by atoms with Gasteiger partial charge in [0.2, 0.25) is 0 Å². The molecule has 0 radical (unpaired) electrons. The molecule has 0 saturated heterocycles. The minimum Gasteiger partial charge on any atom is -0.399 e. The molecule has 1 rings (SSSR count). The van der Waals surface area contributed by atoms with Crippen LogP contribution in [0.1, 0.15) is 55.4 Å². The van der Waals surface area contributed by atoms with E-state index in [2.05, 4.69) is 53.0 Å². The number of benzene rings is 1. The van der Waals surface area contributed by atoms with Gasteiger partial charge in [0.15, 0.2) is 0 Å². The lowest BCUT2D eigenvalue weighted by Crippen LogP contribution is -2.03. The third-order valence-electron chi connectivity index (χ3n) is 3.17. The summed E-state index contributed by atoms with van der Waals surface area (Å²) in [6.07, 6.45) is 0.958. The van der Waals surface area contributed by atoms with E-state index in [1.165, 1.54) is 16.7 Å². The zero-order valence-corrected chi connectivity index (χ0v) is 11.4. The highest BCUT2D eigenvalue weighted by atomic mass is 14.6. The van der Waals surface area contributed by atoms with Gasteiger partial charge in [-0.25, -0.2) is 0 Å². The lowest BCUT2D eigenvalue weighted by atomic mass is 9.88. The van der Waals surface area contributed by atoms with Gasteiger partial charge in [-0.15, -0.1) is 0 Å². The van der Waals surface area contributed by atoms with Gasteiger partial charge in [0.05, 0.1) is 0 Å². The standard InChI is InChI=1S/C16H23N/c1-7-11(4)16-9-15(13(6)17)12(5)8-14(16)10(2)3/h8-10H,4,6-7,17H2,1-3,5H3. The first kappa shape index (κ1) is 13.6. The molecule has 0 unspecified atom stereocenters. The van der Waals surface area contributed by atoms with Crippen LogP contribution in [0.15, 0.2) is 25.3 Å². The van der Waals surface area contributed by atoms with Gasteiger partial charge in [-0.05, 0) is 47.6 Å². The molecular weight excluding hydrogens is 206 g/mol. The Hall–Kier alpha value is -1.50. The van der Waals surface area contributed by atoms with Gasteiger partial charge < -0.3 is 5.73 Å². The van der Waals surface area contributed by atoms with Crippen LogP contribution < -0.4 is 5.73 Å². The molecule has 1 heteroatoms. The van der Waals surface area contributed by atoms with Crippen molar-refractivity contribution in [3.05, 3.63) is 47.5 Å². The highest BCUT2D eigenvalue weighted by Crippen LogP contribution is 2.30. The molecule has 0 saturated carbocycles. The number of rotatable bonds is 4. The molecule has 0 aliphatic heterocycles. The van der Waals surface area contributed by atoms with Crippen LogP contribution in [0.4, 0.5) is 0 Å². The minimum absolute atomic E-state index is 0.493. The van der Waals surface area contributed by atoms with Crippen molar-refractivity contribution < 1.29 is 0 Å². The highest BCUT2D eigenvalue weighted by molar-refractivity contribution is 5.73. The number of hydrogen-bond acceptors (Lipinski definition) is 1. The number of hydrogen-bond donors (Lipinski definition) is 1. The van der Waals surface area contributed by atoms with Crippen LogP contribution >= 0.6 is 0 Å². The van der Waals surface area contributed by atoms with Crippen LogP contribution in [0.5, 0.6) is 0 Å². The molecule has 0 fully saturated rings. The summed E-state index contributed by atoms with van der Waals surface area (Å²) in [5.41, 5.74) is 12.4. The van der Waals surface area contributed by atoms with E-state index in [0.29, 0.717) is 11.6 Å². The molecule has 0 aliphatic rings. The van der Waals surface area contributed by atoms with Crippen LogP contribution in [0.2, 0.25) is 0 Å². The zero-order chi connectivity index (χ0) is 13.2. The van der Waals surface area contributed by atoms with E-state index in [4.69, 9.17) is 5.73 Å². The summed E-state index contributed by atoms with van der Waals surface area (Å²) in [4.78, 5) is 0. The second-order valence-electron chi connectivity index (χ2n) is 4.89. The Morgan fingerprint density at radius 1 is 1.24 bits per heavy atom. The second-order valence-corrected chi connectivity index (χ2v) is 4.89. The first-order valence-corrected chi connectivity index (χ1v) is 6.15. The lowest BCUT2D eigenvalue weighted by molar-refractivity contribution is 0.859. The van der Waals surface area contributed by atoms with Crippen LogP contribution in [-0.4, -0.2) is 0 Å². The van der Waals surface area contributed by atoms with Gasteiger partial charge in [-0.3, -0.25) is 0 Å². The van der Waals surface area contributed by atoms with Crippen LogP contribution in [0, 0.1) is 6.92 Å². The molecule has 1 aromatic rings. The lowest BCUT2D eigenvalue weighted by Gasteiger charge is -2.18. The van der Waals surface area contributed by atoms with E-state index in [0.717, 1.165) is 17.6 Å². The average Bonchev–Trinajstić information content (AvgIpc) is 2.26. The Morgan fingerprint density at radius 3 is 2.24 bits per heavy atom. The quantitative estimate of drug-likeness (QED) is 0.810. The Kier molecular flexibility index (Phi) is 4.17. The molecule has 0 amide bonds. The fraction of sp³-hybridized carbons (Fsp3) is 0.375. The maximum absolute atomic E-state index is 5.83. The second kappa shape index (κ2) is 5.22. The van der Waals surface area contributed by atoms with Crippen molar-refractivity contribution in [2.75, 3.05) is 0 Å². The van der Waals surface area contributed by atoms with Crippen molar-refractivity contribution in [1.29, 1.82) is 0 Å². The number of allylic oxidation sites excluding steroid dienone is 1. The summed E-state index contributed by atoms with van der Waals surface area (Å²) in [5.74, 6) is 0.493. The SMILES string of the molecule is C=C(N)c1cc(C(=C)CC)c(C(C)C)cc1C. The first-order valence-electron chi connectivity index (χ1n) is 6.15. The van der Waals surface area contributed by atoms with E-state index < -0.39 is 0 Å². The number of nitrogens with two attached hydrogens (primary N) is 1. The average molecular weight is 229 g/mol. The molecule has 0 bridgehead atoms. The Labute approximate surface area is 105 Å². The Morgan fingerprint density at radius 2 is 1.82 bits per heavy atom. The van der Waals surface area contributed by atoms with Crippen molar-refractivity contribution in [3.63, 3.8) is 0 Å². The van der Waals surface area contributed by atoms with Gasteiger partial charge in [0, 0.05) is 11.3 Å². The molecule has 1 nitrogen and oxygen atoms in total. The summed E-state index contributed by atoms with van der Waals surface area (Å²) >= 11 is 0. The molecule has 0 heterocycles. The molecular formula is C16H23N. The van der Waals surface area contributed by atoms with Gasteiger partial charge in [0.1, 0.15) is 0 Å². The van der Waals surface area contributed by atoms with E-state index in [9.17, 15) is 0 Å². The van der Waals surface area contributed by atoms with Crippen molar-refractivity contribution in [3.8, 4) is 0 Å². The topological polar surface area (TPSA) is 26.0 Å². The normalized spacial score (nSPS) is 10.6. The minimum atomic E-state index is 0.493. The molecule has 92 valence electrons. The number of aryl methyl sites for hydroxylation is 1. The summed E-state index contributed by atoms with van der Waals surface area (Å²) < 4.78 is 0. The van der Waals surface area contributed by atoms with E-state index in [1.54, 1.807) is 0 Å². The maximum Gasteiger partial charge on any atom is 0.0317 e. The monoisotopic (exact) mass is 229 g/mol. The fourth-order valence-electron chi connectivity index (χ4n) is 2.05. The predicted molar refractivity (Wildman–Crippen MR) is 77.8 cm³/mol. The Bertz CT molecular complexity index is 453. The van der Waals surface area contributed by atoms with Gasteiger partial charge in [-0.1, -0.05) is 40.0 Å². The molecule has 2 N–H and O–H groups in total. The van der Waals surface area contributed by atoms with Crippen LogP contribution in [0.3, 0.4) is 0 Å². The van der Waals surface area contributed by atoms with Crippen LogP contribution in [0.25, 0.3) is 11.3 Å². The van der Waals surface area contributed by atoms with Crippen molar-refractivity contribution in [2.45, 2.75) is 40.0 Å². The molecule has 0 aliphatic carbocycles. The van der Waals surface area contributed by atoms with Crippen LogP contribution in [-0.2, 0) is 0 Å². The summed E-state index contributed by atoms with van der Waals surface area (Å²) in [6, 6.07) is 4.35. The van der Waals surface area contributed by atoms with E-state index in [-0.39, 0.29) is 0 Å². The van der Waals surface area contributed by atoms with Gasteiger partial charge in [0.25, 0.3) is 0 Å². The third kappa shape index (κ3) is 2.79. The van der Waals surface area contributed by atoms with Crippen molar-refractivity contribution in [2.24, 2.45) is 5.73 Å². The van der Waals surface area contributed by atoms with Gasteiger partial charge >= 0.3 is 0 Å². The molecule has 0 atom stereocenters. The summed E-state index contributed by atoms with van der Waals surface area (Å²) in [5, 5.41) is 0. The fourth-order valence-corrected chi connectivity index (χ4v) is 2.05. The Balaban J connectivity index is 3.47. The summed E-state index contributed by atoms with van der Waals surface area (Å²) in [7, 11) is 0. The predicted octanol–water partition coefficient (Wildman–Crippen LogP) is 4.47. The van der Waals surface area contributed by atoms with Crippen molar-refractivity contribution in [1.82, 2.24) is 0 Å². The van der Waals surface area contributed by atoms with Gasteiger partial charge in [-0.2, -0.15) is 0 Å². The largest absolute Gasteiger partial charge is 0.399 e. The summed E-state index contributed by atoms with van der Waals surface area (Å²) in [6.45, 7) is 16.6. The van der Waals surface area contributed by atoms with E-state index in [1.807, 2.05) is 0 Å². The third-order valence-corrected chi connectivity index (χ3v) is 3.17. The first-order chi connectivity index (χ1) is 7.88. The molecule has 17 heavy (non-hydrogen) atoms. The molecule has 0 aromatic heterocycles. The van der Waals surface area contributed by atoms with Crippen molar-refractivity contribution >= 4 is 11.3 Å². The maximum atomic E-state index is 5.83. The highest BCUT2D eigenvalue weighted by Gasteiger charge is 2.12. The zero-order valence-electron chi connectivity index (χ0n) is 11.4. The smallest absolute Gasteiger partial charge is 0.0317 e. The van der Waals surface area contributed by atoms with E-state index >= 15 is 0 Å².